The molecule has 1 aromatic heterocycles. The maximum Gasteiger partial charge on any atom is 0.256 e. The van der Waals surface area contributed by atoms with Crippen molar-refractivity contribution in [1.29, 1.82) is 0 Å². The smallest absolute Gasteiger partial charge is 0.256 e. The van der Waals surface area contributed by atoms with Crippen LogP contribution in [0.1, 0.15) is 43.6 Å². The van der Waals surface area contributed by atoms with Gasteiger partial charge in [0.15, 0.2) is 0 Å². The van der Waals surface area contributed by atoms with Gasteiger partial charge in [0.2, 0.25) is 0 Å². The Kier molecular flexibility index (Phi) is 4.32. The number of rotatable bonds is 4. The molecule has 1 heterocycles. The first-order chi connectivity index (χ1) is 9.52. The largest absolute Gasteiger partial charge is 0.296 e. The van der Waals surface area contributed by atoms with Crippen LogP contribution in [0.5, 0.6) is 0 Å². The Bertz CT molecular complexity index is 645. The Morgan fingerprint density at radius 1 is 1.25 bits per heavy atom. The highest BCUT2D eigenvalue weighted by atomic mass is 19.1. The van der Waals surface area contributed by atoms with Crippen LogP contribution < -0.4 is 5.56 Å². The number of hydrogen-bond donors (Lipinski definition) is 0. The molecule has 0 N–H and O–H groups in total. The van der Waals surface area contributed by atoms with Gasteiger partial charge in [-0.2, -0.15) is 0 Å². The first-order valence-corrected chi connectivity index (χ1v) is 6.86. The summed E-state index contributed by atoms with van der Waals surface area (Å²) in [5, 5.41) is 0. The molecule has 0 unspecified atom stereocenters. The minimum Gasteiger partial charge on any atom is -0.296 e. The molecule has 0 aliphatic heterocycles. The summed E-state index contributed by atoms with van der Waals surface area (Å²) in [7, 11) is 0. The molecular weight excluding hydrogens is 255 g/mol. The van der Waals surface area contributed by atoms with Crippen molar-refractivity contribution in [1.82, 2.24) is 9.55 Å². The highest BCUT2D eigenvalue weighted by molar-refractivity contribution is 5.21. The van der Waals surface area contributed by atoms with E-state index in [1.54, 1.807) is 22.9 Å². The first-order valence-electron chi connectivity index (χ1n) is 6.86. The monoisotopic (exact) mass is 274 g/mol. The van der Waals surface area contributed by atoms with E-state index in [1.165, 1.54) is 12.1 Å². The van der Waals surface area contributed by atoms with Gasteiger partial charge in [-0.15, -0.1) is 0 Å². The molecule has 0 saturated carbocycles. The van der Waals surface area contributed by atoms with Crippen LogP contribution in [0.25, 0.3) is 0 Å². The average molecular weight is 274 g/mol. The van der Waals surface area contributed by atoms with Crippen molar-refractivity contribution in [3.8, 4) is 0 Å². The van der Waals surface area contributed by atoms with E-state index in [1.807, 2.05) is 20.8 Å². The zero-order chi connectivity index (χ0) is 14.7. The summed E-state index contributed by atoms with van der Waals surface area (Å²) in [5.41, 5.74) is 1.70. The van der Waals surface area contributed by atoms with Gasteiger partial charge in [0.25, 0.3) is 5.56 Å². The van der Waals surface area contributed by atoms with Crippen LogP contribution in [0.4, 0.5) is 4.39 Å². The van der Waals surface area contributed by atoms with Crippen LogP contribution in [0.2, 0.25) is 0 Å². The van der Waals surface area contributed by atoms with Gasteiger partial charge in [-0.3, -0.25) is 9.36 Å². The van der Waals surface area contributed by atoms with E-state index < -0.39 is 0 Å². The minimum absolute atomic E-state index is 0.0228. The summed E-state index contributed by atoms with van der Waals surface area (Å²) in [4.78, 5) is 16.8. The number of halogens is 1. The van der Waals surface area contributed by atoms with E-state index in [9.17, 15) is 9.18 Å². The highest BCUT2D eigenvalue weighted by Crippen LogP contribution is 2.11. The zero-order valence-electron chi connectivity index (χ0n) is 12.1. The van der Waals surface area contributed by atoms with Crippen molar-refractivity contribution in [3.63, 3.8) is 0 Å². The number of benzene rings is 1. The summed E-state index contributed by atoms with van der Waals surface area (Å²) in [6.45, 7) is 6.49. The molecule has 0 aliphatic rings. The summed E-state index contributed by atoms with van der Waals surface area (Å²) in [5.74, 6) is 0.617. The second-order valence-electron chi connectivity index (χ2n) is 5.14. The van der Waals surface area contributed by atoms with Crippen molar-refractivity contribution >= 4 is 0 Å². The second kappa shape index (κ2) is 5.99. The lowest BCUT2D eigenvalue weighted by Crippen LogP contribution is -2.28. The zero-order valence-corrected chi connectivity index (χ0v) is 12.1. The molecule has 0 amide bonds. The van der Waals surface area contributed by atoms with Gasteiger partial charge in [-0.25, -0.2) is 9.37 Å². The third-order valence-electron chi connectivity index (χ3n) is 3.37. The molecule has 2 rings (SSSR count). The normalized spacial score (nSPS) is 11.1. The molecular formula is C16H19FN2O. The molecule has 4 heteroatoms. The SMILES string of the molecule is CCn1c(Cc2ccc(F)cc2)ncc(C(C)C)c1=O. The Balaban J connectivity index is 2.39. The van der Waals surface area contributed by atoms with Gasteiger partial charge in [0, 0.05) is 24.7 Å². The molecule has 0 bridgehead atoms. The van der Waals surface area contributed by atoms with Gasteiger partial charge >= 0.3 is 0 Å². The van der Waals surface area contributed by atoms with Crippen molar-refractivity contribution in [2.45, 2.75) is 39.7 Å². The van der Waals surface area contributed by atoms with E-state index in [2.05, 4.69) is 4.98 Å². The van der Waals surface area contributed by atoms with E-state index in [4.69, 9.17) is 0 Å². The van der Waals surface area contributed by atoms with Crippen LogP contribution in [0.15, 0.2) is 35.3 Å². The van der Waals surface area contributed by atoms with Gasteiger partial charge < -0.3 is 0 Å². The lowest BCUT2D eigenvalue weighted by atomic mass is 10.1. The van der Waals surface area contributed by atoms with Crippen molar-refractivity contribution in [2.75, 3.05) is 0 Å². The molecule has 106 valence electrons. The Morgan fingerprint density at radius 2 is 1.90 bits per heavy atom. The lowest BCUT2D eigenvalue weighted by molar-refractivity contribution is 0.624. The molecule has 3 nitrogen and oxygen atoms in total. The molecule has 0 saturated heterocycles. The van der Waals surface area contributed by atoms with E-state index in [-0.39, 0.29) is 17.3 Å². The van der Waals surface area contributed by atoms with Crippen LogP contribution in [-0.4, -0.2) is 9.55 Å². The summed E-state index contributed by atoms with van der Waals surface area (Å²) in [6, 6.07) is 6.29. The maximum absolute atomic E-state index is 12.9. The number of aromatic nitrogens is 2. The summed E-state index contributed by atoms with van der Waals surface area (Å²) >= 11 is 0. The van der Waals surface area contributed by atoms with E-state index in [0.29, 0.717) is 18.8 Å². The highest BCUT2D eigenvalue weighted by Gasteiger charge is 2.12. The Hall–Kier alpha value is -1.97. The fraction of sp³-hybridized carbons (Fsp3) is 0.375. The quantitative estimate of drug-likeness (QED) is 0.858. The third-order valence-corrected chi connectivity index (χ3v) is 3.37. The predicted molar refractivity (Wildman–Crippen MR) is 77.5 cm³/mol. The topological polar surface area (TPSA) is 34.9 Å². The fourth-order valence-electron chi connectivity index (χ4n) is 2.19. The van der Waals surface area contributed by atoms with Crippen molar-refractivity contribution in [2.24, 2.45) is 0 Å². The van der Waals surface area contributed by atoms with Gasteiger partial charge in [0.1, 0.15) is 11.6 Å². The third kappa shape index (κ3) is 2.95. The molecule has 0 fully saturated rings. The van der Waals surface area contributed by atoms with Gasteiger partial charge in [0.05, 0.1) is 0 Å². The van der Waals surface area contributed by atoms with Crippen LogP contribution in [0, 0.1) is 5.82 Å². The minimum atomic E-state index is -0.259. The van der Waals surface area contributed by atoms with Crippen LogP contribution in [0.3, 0.4) is 0 Å². The predicted octanol–water partition coefficient (Wildman–Crippen LogP) is 3.12. The first kappa shape index (κ1) is 14.4. The molecule has 0 atom stereocenters. The maximum atomic E-state index is 12.9. The van der Waals surface area contributed by atoms with Crippen molar-refractivity contribution < 1.29 is 4.39 Å². The molecule has 20 heavy (non-hydrogen) atoms. The Morgan fingerprint density at radius 3 is 2.45 bits per heavy atom. The second-order valence-corrected chi connectivity index (χ2v) is 5.14. The van der Waals surface area contributed by atoms with E-state index in [0.717, 1.165) is 11.1 Å². The van der Waals surface area contributed by atoms with Crippen LogP contribution >= 0.6 is 0 Å². The van der Waals surface area contributed by atoms with E-state index >= 15 is 0 Å². The number of nitrogens with zero attached hydrogens (tertiary/aromatic N) is 2. The summed E-state index contributed by atoms with van der Waals surface area (Å²) in [6.07, 6.45) is 2.19. The molecule has 1 aromatic carbocycles. The standard InChI is InChI=1S/C16H19FN2O/c1-4-19-15(9-12-5-7-13(17)8-6-12)18-10-14(11(2)3)16(19)20/h5-8,10-11H,4,9H2,1-3H3. The van der Waals surface area contributed by atoms with Gasteiger partial charge in [-0.05, 0) is 30.5 Å². The molecule has 0 spiro atoms. The fourth-order valence-corrected chi connectivity index (χ4v) is 2.19. The molecule has 0 radical (unpaired) electrons. The Labute approximate surface area is 118 Å². The lowest BCUT2D eigenvalue weighted by Gasteiger charge is -2.13. The average Bonchev–Trinajstić information content (AvgIpc) is 2.41. The summed E-state index contributed by atoms with van der Waals surface area (Å²) < 4.78 is 14.6. The van der Waals surface area contributed by atoms with Crippen molar-refractivity contribution in [3.05, 3.63) is 63.6 Å². The van der Waals surface area contributed by atoms with Crippen LogP contribution in [-0.2, 0) is 13.0 Å². The number of hydrogen-bond acceptors (Lipinski definition) is 2. The molecule has 0 aliphatic carbocycles. The molecule has 2 aromatic rings. The van der Waals surface area contributed by atoms with Gasteiger partial charge in [-0.1, -0.05) is 26.0 Å².